The number of carbonyl (C=O) groups is 3. The van der Waals surface area contributed by atoms with Crippen LogP contribution in [-0.4, -0.2) is 51.1 Å². The van der Waals surface area contributed by atoms with Gasteiger partial charge in [-0.05, 0) is 134 Å². The van der Waals surface area contributed by atoms with Crippen LogP contribution in [0.25, 0.3) is 23.3 Å². The minimum atomic E-state index is -0.651. The van der Waals surface area contributed by atoms with Crippen molar-refractivity contribution >= 4 is 30.1 Å². The highest BCUT2D eigenvalue weighted by atomic mass is 19.1. The van der Waals surface area contributed by atoms with E-state index in [2.05, 4.69) is 27.0 Å². The van der Waals surface area contributed by atoms with E-state index in [1.807, 2.05) is 30.3 Å². The smallest absolute Gasteiger partial charge is 0.336 e. The van der Waals surface area contributed by atoms with E-state index in [9.17, 15) is 23.2 Å². The van der Waals surface area contributed by atoms with Crippen molar-refractivity contribution in [2.45, 2.75) is 70.6 Å². The average molecular weight is 865 g/mol. The molecule has 1 aliphatic rings. The molecular weight excluding hydrogens is 811 g/mol. The van der Waals surface area contributed by atoms with Gasteiger partial charge >= 0.3 is 17.9 Å². The molecule has 332 valence electrons. The lowest BCUT2D eigenvalue weighted by molar-refractivity contribution is -0.138. The molecule has 0 radical (unpaired) electrons. The SMILES string of the molecule is C=CC(=O)OCCCCCCOc1ccc(C=COCOc2ccc3c(c2)C(C)(C)c2cc(OC(=O)C=Cc4ccc(OCCCCCCOC(=O)C=C)cc4F)ccc2-3)c(F)c1. The number of unbranched alkanes of at least 4 members (excludes halogenated alkanes) is 6. The van der Waals surface area contributed by atoms with E-state index in [0.29, 0.717) is 55.0 Å². The molecule has 0 aliphatic heterocycles. The average Bonchev–Trinajstić information content (AvgIpc) is 3.49. The van der Waals surface area contributed by atoms with Crippen molar-refractivity contribution in [1.82, 2.24) is 0 Å². The molecule has 1 aliphatic carbocycles. The van der Waals surface area contributed by atoms with Gasteiger partial charge in [-0.1, -0.05) is 39.1 Å². The molecule has 63 heavy (non-hydrogen) atoms. The zero-order chi connectivity index (χ0) is 45.0. The Labute approximate surface area is 367 Å². The number of carbonyl (C=O) groups excluding carboxylic acids is 3. The Morgan fingerprint density at radius 3 is 1.54 bits per heavy atom. The van der Waals surface area contributed by atoms with Crippen LogP contribution in [0.3, 0.4) is 0 Å². The highest BCUT2D eigenvalue weighted by Crippen LogP contribution is 2.50. The Balaban J connectivity index is 1.03. The van der Waals surface area contributed by atoms with Crippen molar-refractivity contribution in [2.75, 3.05) is 33.2 Å². The predicted molar refractivity (Wildman–Crippen MR) is 237 cm³/mol. The number of rotatable bonds is 26. The number of halogens is 2. The van der Waals surface area contributed by atoms with Gasteiger partial charge < -0.3 is 33.2 Å². The van der Waals surface area contributed by atoms with E-state index >= 15 is 0 Å². The lowest BCUT2D eigenvalue weighted by Gasteiger charge is -2.22. The summed E-state index contributed by atoms with van der Waals surface area (Å²) in [5, 5.41) is 0. The van der Waals surface area contributed by atoms with Gasteiger partial charge in [0.1, 0.15) is 34.6 Å². The zero-order valence-corrected chi connectivity index (χ0v) is 35.8. The molecule has 12 heteroatoms. The summed E-state index contributed by atoms with van der Waals surface area (Å²) in [5.74, 6) is -0.706. The fraction of sp³-hybridized carbons (Fsp3) is 0.314. The van der Waals surface area contributed by atoms with Gasteiger partial charge in [-0.3, -0.25) is 0 Å². The first kappa shape index (κ1) is 47.4. The molecule has 0 saturated carbocycles. The van der Waals surface area contributed by atoms with E-state index < -0.39 is 35.0 Å². The number of benzene rings is 4. The van der Waals surface area contributed by atoms with E-state index in [-0.39, 0.29) is 12.4 Å². The third-order valence-corrected chi connectivity index (χ3v) is 10.3. The molecule has 0 atom stereocenters. The second-order valence-electron chi connectivity index (χ2n) is 15.2. The topological polar surface area (TPSA) is 116 Å². The largest absolute Gasteiger partial charge is 0.493 e. The molecule has 4 aromatic carbocycles. The quantitative estimate of drug-likeness (QED) is 0.0151. The van der Waals surface area contributed by atoms with Crippen LogP contribution in [0.2, 0.25) is 0 Å². The number of ether oxygens (including phenoxy) is 7. The lowest BCUT2D eigenvalue weighted by atomic mass is 9.82. The number of hydrogen-bond acceptors (Lipinski definition) is 10. The Hall–Kier alpha value is -6.69. The molecule has 0 N–H and O–H groups in total. The molecule has 10 nitrogen and oxygen atoms in total. The summed E-state index contributed by atoms with van der Waals surface area (Å²) in [6.07, 6.45) is 14.3. The van der Waals surface area contributed by atoms with Crippen LogP contribution < -0.4 is 18.9 Å². The molecule has 0 aromatic heterocycles. The predicted octanol–water partition coefficient (Wildman–Crippen LogP) is 11.3. The van der Waals surface area contributed by atoms with Crippen molar-refractivity contribution in [3.63, 3.8) is 0 Å². The number of esters is 3. The summed E-state index contributed by atoms with van der Waals surface area (Å²) in [6.45, 7) is 12.4. The van der Waals surface area contributed by atoms with Gasteiger partial charge in [0.2, 0.25) is 6.79 Å². The molecule has 0 bridgehead atoms. The van der Waals surface area contributed by atoms with Crippen LogP contribution >= 0.6 is 0 Å². The van der Waals surface area contributed by atoms with Crippen molar-refractivity contribution in [1.29, 1.82) is 0 Å². The molecule has 0 spiro atoms. The number of hydrogen-bond donors (Lipinski definition) is 0. The normalized spacial score (nSPS) is 12.3. The summed E-state index contributed by atoms with van der Waals surface area (Å²) >= 11 is 0. The Morgan fingerprint density at radius 2 is 1.02 bits per heavy atom. The van der Waals surface area contributed by atoms with Gasteiger partial charge in [0, 0.05) is 46.9 Å². The summed E-state index contributed by atoms with van der Waals surface area (Å²) in [5.41, 5.74) is 4.13. The van der Waals surface area contributed by atoms with Crippen LogP contribution in [0.15, 0.2) is 110 Å². The van der Waals surface area contributed by atoms with Gasteiger partial charge in [-0.25, -0.2) is 23.2 Å². The molecule has 0 heterocycles. The van der Waals surface area contributed by atoms with Crippen molar-refractivity contribution in [3.8, 4) is 34.1 Å². The van der Waals surface area contributed by atoms with E-state index in [0.717, 1.165) is 85.8 Å². The Bertz CT molecular complexity index is 2280. The molecule has 4 aromatic rings. The van der Waals surface area contributed by atoms with Crippen LogP contribution in [0.1, 0.15) is 87.5 Å². The zero-order valence-electron chi connectivity index (χ0n) is 35.8. The highest BCUT2D eigenvalue weighted by molar-refractivity contribution is 5.89. The van der Waals surface area contributed by atoms with Gasteiger partial charge in [-0.2, -0.15) is 0 Å². The Kier molecular flexibility index (Phi) is 18.1. The molecule has 0 saturated heterocycles. The van der Waals surface area contributed by atoms with Gasteiger partial charge in [0.25, 0.3) is 0 Å². The summed E-state index contributed by atoms with van der Waals surface area (Å²) in [4.78, 5) is 34.9. The highest BCUT2D eigenvalue weighted by Gasteiger charge is 2.36. The maximum Gasteiger partial charge on any atom is 0.336 e. The maximum atomic E-state index is 14.8. The van der Waals surface area contributed by atoms with Crippen molar-refractivity contribution in [2.24, 2.45) is 0 Å². The van der Waals surface area contributed by atoms with Gasteiger partial charge in [0.05, 0.1) is 32.7 Å². The Morgan fingerprint density at radius 1 is 0.556 bits per heavy atom. The van der Waals surface area contributed by atoms with Gasteiger partial charge in [0.15, 0.2) is 0 Å². The van der Waals surface area contributed by atoms with Crippen molar-refractivity contribution < 1.29 is 56.3 Å². The van der Waals surface area contributed by atoms with Crippen molar-refractivity contribution in [3.05, 3.63) is 144 Å². The van der Waals surface area contributed by atoms with E-state index in [4.69, 9.17) is 33.2 Å². The van der Waals surface area contributed by atoms with Crippen LogP contribution in [0.4, 0.5) is 8.78 Å². The van der Waals surface area contributed by atoms with Crippen LogP contribution in [0, 0.1) is 11.6 Å². The van der Waals surface area contributed by atoms with E-state index in [1.54, 1.807) is 30.3 Å². The fourth-order valence-corrected chi connectivity index (χ4v) is 6.84. The summed E-state index contributed by atoms with van der Waals surface area (Å²) in [7, 11) is 0. The summed E-state index contributed by atoms with van der Waals surface area (Å²) < 4.78 is 67.8. The van der Waals surface area contributed by atoms with Crippen LogP contribution in [-0.2, 0) is 34.0 Å². The molecular formula is C51H54F2O10. The minimum Gasteiger partial charge on any atom is -0.493 e. The first-order valence-corrected chi connectivity index (χ1v) is 21.0. The lowest BCUT2D eigenvalue weighted by Crippen LogP contribution is -2.15. The van der Waals surface area contributed by atoms with E-state index in [1.165, 1.54) is 36.6 Å². The third-order valence-electron chi connectivity index (χ3n) is 10.3. The fourth-order valence-electron chi connectivity index (χ4n) is 6.84. The van der Waals surface area contributed by atoms with Crippen LogP contribution in [0.5, 0.6) is 23.0 Å². The minimum absolute atomic E-state index is 0.0993. The third kappa shape index (κ3) is 14.4. The molecule has 0 unspecified atom stereocenters. The van der Waals surface area contributed by atoms with Gasteiger partial charge in [-0.15, -0.1) is 0 Å². The molecule has 0 amide bonds. The summed E-state index contributed by atoms with van der Waals surface area (Å²) in [6, 6.07) is 20.4. The standard InChI is InChI=1S/C51H54F2O10/c1-5-48(54)60-28-13-9-7-11-26-58-39-18-15-36(46(52)33-39)17-24-50(56)63-41-21-23-43-42-22-20-38(31-44(42)51(3,4)45(43)32-41)62-35-57-30-25-37-16-19-40(34-47(37)53)59-27-12-8-10-14-29-61-49(55)6-2/h5-6,15-25,30-34H,1-2,7-14,26-29,35H2,3-4H3. The first-order chi connectivity index (χ1) is 30.5. The molecule has 5 rings (SSSR count). The monoisotopic (exact) mass is 864 g/mol. The second kappa shape index (κ2) is 24.1. The molecule has 0 fully saturated rings. The number of fused-ring (bicyclic) bond motifs is 3. The second-order valence-corrected chi connectivity index (χ2v) is 15.2. The maximum absolute atomic E-state index is 14.8. The first-order valence-electron chi connectivity index (χ1n) is 21.0.